The first kappa shape index (κ1) is 19.6. The number of nitriles is 1. The molecule has 0 spiro atoms. The Bertz CT molecular complexity index is 1050. The fraction of sp³-hybridized carbons (Fsp3) is 0.273. The molecule has 0 saturated carbocycles. The molecular weight excluding hydrogens is 383 g/mol. The molecule has 1 saturated heterocycles. The zero-order chi connectivity index (χ0) is 20.9. The van der Waals surface area contributed by atoms with Gasteiger partial charge in [0.05, 0.1) is 31.1 Å². The van der Waals surface area contributed by atoms with Crippen LogP contribution in [0.5, 0.6) is 0 Å². The number of carbonyl (C=O) groups is 1. The summed E-state index contributed by atoms with van der Waals surface area (Å²) in [5.41, 5.74) is 2.41. The number of nitrogens with zero attached hydrogens (tertiary/aromatic N) is 5. The predicted octanol–water partition coefficient (Wildman–Crippen LogP) is 2.93. The van der Waals surface area contributed by atoms with Crippen molar-refractivity contribution in [1.29, 1.82) is 5.26 Å². The molecule has 1 N–H and O–H groups in total. The summed E-state index contributed by atoms with van der Waals surface area (Å²) in [5.74, 6) is 1.03. The Balaban J connectivity index is 1.30. The number of anilines is 2. The number of halogens is 1. The minimum Gasteiger partial charge on any atom is -0.354 e. The first-order valence-corrected chi connectivity index (χ1v) is 9.75. The van der Waals surface area contributed by atoms with E-state index in [1.807, 2.05) is 29.2 Å². The van der Waals surface area contributed by atoms with Crippen LogP contribution in [-0.4, -0.2) is 39.9 Å². The van der Waals surface area contributed by atoms with Gasteiger partial charge in [0, 0.05) is 25.0 Å². The maximum atomic E-state index is 13.3. The van der Waals surface area contributed by atoms with Crippen molar-refractivity contribution >= 4 is 17.5 Å². The van der Waals surface area contributed by atoms with Crippen molar-refractivity contribution in [3.8, 4) is 6.07 Å². The van der Waals surface area contributed by atoms with Crippen LogP contribution in [0, 0.1) is 11.3 Å². The summed E-state index contributed by atoms with van der Waals surface area (Å²) in [7, 11) is 0. The van der Waals surface area contributed by atoms with E-state index in [0.717, 1.165) is 16.9 Å². The molecule has 0 radical (unpaired) electrons. The van der Waals surface area contributed by atoms with Gasteiger partial charge in [0.2, 0.25) is 5.91 Å². The number of hydrogen-bond donors (Lipinski definition) is 1. The van der Waals surface area contributed by atoms with Crippen molar-refractivity contribution in [3.63, 3.8) is 0 Å². The largest absolute Gasteiger partial charge is 0.354 e. The zero-order valence-electron chi connectivity index (χ0n) is 16.3. The van der Waals surface area contributed by atoms with Gasteiger partial charge in [0.1, 0.15) is 12.0 Å². The molecule has 1 atom stereocenters. The van der Waals surface area contributed by atoms with Crippen molar-refractivity contribution in [2.45, 2.75) is 25.6 Å². The Morgan fingerprint density at radius 1 is 1.20 bits per heavy atom. The molecule has 1 aliphatic heterocycles. The van der Waals surface area contributed by atoms with E-state index in [0.29, 0.717) is 37.4 Å². The van der Waals surface area contributed by atoms with Gasteiger partial charge in [-0.3, -0.25) is 9.48 Å². The second-order valence-electron chi connectivity index (χ2n) is 7.29. The average Bonchev–Trinajstić information content (AvgIpc) is 3.38. The lowest BCUT2D eigenvalue weighted by molar-refractivity contribution is -0.115. The summed E-state index contributed by atoms with van der Waals surface area (Å²) >= 11 is 0. The van der Waals surface area contributed by atoms with Gasteiger partial charge in [0.25, 0.3) is 0 Å². The smallest absolute Gasteiger partial charge is 0.230 e. The molecule has 1 aromatic carbocycles. The molecule has 1 aliphatic rings. The Kier molecular flexibility index (Phi) is 5.70. The highest BCUT2D eigenvalue weighted by atomic mass is 19.1. The van der Waals surface area contributed by atoms with Crippen LogP contribution in [0.3, 0.4) is 0 Å². The Morgan fingerprint density at radius 3 is 2.67 bits per heavy atom. The fourth-order valence-electron chi connectivity index (χ4n) is 3.39. The second kappa shape index (κ2) is 8.74. The normalized spacial score (nSPS) is 15.7. The number of alkyl halides is 1. The Labute approximate surface area is 173 Å². The molecule has 7 nitrogen and oxygen atoms in total. The molecule has 0 unspecified atom stereocenters. The monoisotopic (exact) mass is 404 g/mol. The van der Waals surface area contributed by atoms with Crippen molar-refractivity contribution < 1.29 is 9.18 Å². The lowest BCUT2D eigenvalue weighted by Crippen LogP contribution is -2.21. The van der Waals surface area contributed by atoms with Crippen molar-refractivity contribution in [2.24, 2.45) is 0 Å². The maximum Gasteiger partial charge on any atom is 0.230 e. The third-order valence-corrected chi connectivity index (χ3v) is 4.96. The van der Waals surface area contributed by atoms with Crippen LogP contribution >= 0.6 is 0 Å². The van der Waals surface area contributed by atoms with E-state index in [1.165, 1.54) is 0 Å². The van der Waals surface area contributed by atoms with E-state index in [4.69, 9.17) is 5.26 Å². The topological polar surface area (TPSA) is 86.8 Å². The minimum absolute atomic E-state index is 0.182. The highest BCUT2D eigenvalue weighted by Gasteiger charge is 2.22. The van der Waals surface area contributed by atoms with Crippen molar-refractivity contribution in [1.82, 2.24) is 14.8 Å². The van der Waals surface area contributed by atoms with Crippen LogP contribution in [0.2, 0.25) is 0 Å². The Morgan fingerprint density at radius 2 is 2.00 bits per heavy atom. The van der Waals surface area contributed by atoms with Gasteiger partial charge >= 0.3 is 0 Å². The van der Waals surface area contributed by atoms with Crippen molar-refractivity contribution in [2.75, 3.05) is 23.3 Å². The molecule has 0 aliphatic carbocycles. The predicted molar refractivity (Wildman–Crippen MR) is 111 cm³/mol. The summed E-state index contributed by atoms with van der Waals surface area (Å²) in [6.45, 7) is 1.58. The van der Waals surface area contributed by atoms with E-state index in [9.17, 15) is 9.18 Å². The van der Waals surface area contributed by atoms with Crippen molar-refractivity contribution in [3.05, 3.63) is 71.5 Å². The number of carbonyl (C=O) groups excluding carboxylic acids is 1. The summed E-state index contributed by atoms with van der Waals surface area (Å²) in [6, 6.07) is 14.8. The standard InChI is InChI=1S/C22H21FN6O/c23-19-7-9-28(15-19)21-6-5-18(13-25-21)11-22(30)26-20-8-10-29(27-20)14-17-3-1-16(12-24)2-4-17/h1-6,8,10,13,19H,7,9,11,14-15H2,(H,26,27,30)/t19-/m0/s1. The number of amides is 1. The van der Waals surface area contributed by atoms with E-state index in [1.54, 1.807) is 35.3 Å². The first-order chi connectivity index (χ1) is 14.6. The van der Waals surface area contributed by atoms with Crippen LogP contribution in [-0.2, 0) is 17.8 Å². The molecule has 3 heterocycles. The number of nitrogens with one attached hydrogen (secondary N) is 1. The number of pyridine rings is 1. The van der Waals surface area contributed by atoms with Gasteiger partial charge in [-0.1, -0.05) is 18.2 Å². The molecule has 1 amide bonds. The van der Waals surface area contributed by atoms with Gasteiger partial charge in [-0.05, 0) is 35.7 Å². The quantitative estimate of drug-likeness (QED) is 0.683. The van der Waals surface area contributed by atoms with E-state index < -0.39 is 6.17 Å². The number of hydrogen-bond acceptors (Lipinski definition) is 5. The van der Waals surface area contributed by atoms with E-state index >= 15 is 0 Å². The maximum absolute atomic E-state index is 13.3. The highest BCUT2D eigenvalue weighted by molar-refractivity contribution is 5.91. The molecule has 0 bridgehead atoms. The van der Waals surface area contributed by atoms with Crippen LogP contribution < -0.4 is 10.2 Å². The third kappa shape index (κ3) is 4.81. The summed E-state index contributed by atoms with van der Waals surface area (Å²) in [6.07, 6.45) is 3.36. The lowest BCUT2D eigenvalue weighted by atomic mass is 10.1. The van der Waals surface area contributed by atoms with Crippen LogP contribution in [0.1, 0.15) is 23.1 Å². The van der Waals surface area contributed by atoms with E-state index in [-0.39, 0.29) is 12.3 Å². The molecule has 30 heavy (non-hydrogen) atoms. The van der Waals surface area contributed by atoms with Crippen LogP contribution in [0.15, 0.2) is 54.9 Å². The van der Waals surface area contributed by atoms with Gasteiger partial charge in [-0.2, -0.15) is 10.4 Å². The number of benzene rings is 1. The van der Waals surface area contributed by atoms with Gasteiger partial charge in [-0.15, -0.1) is 0 Å². The SMILES string of the molecule is N#Cc1ccc(Cn2ccc(NC(=O)Cc3ccc(N4CC[C@H](F)C4)nc3)n2)cc1. The molecule has 1 fully saturated rings. The average molecular weight is 404 g/mol. The first-order valence-electron chi connectivity index (χ1n) is 9.75. The Hall–Kier alpha value is -3.73. The number of rotatable bonds is 6. The van der Waals surface area contributed by atoms with Gasteiger partial charge < -0.3 is 10.2 Å². The molecule has 4 rings (SSSR count). The molecular formula is C22H21FN6O. The molecule has 2 aromatic heterocycles. The third-order valence-electron chi connectivity index (χ3n) is 4.96. The summed E-state index contributed by atoms with van der Waals surface area (Å²) < 4.78 is 15.1. The highest BCUT2D eigenvalue weighted by Crippen LogP contribution is 2.20. The number of aromatic nitrogens is 3. The summed E-state index contributed by atoms with van der Waals surface area (Å²) in [4.78, 5) is 18.6. The van der Waals surface area contributed by atoms with Gasteiger partial charge in [-0.25, -0.2) is 9.37 Å². The zero-order valence-corrected chi connectivity index (χ0v) is 16.3. The lowest BCUT2D eigenvalue weighted by Gasteiger charge is -2.16. The summed E-state index contributed by atoms with van der Waals surface area (Å²) in [5, 5.41) is 16.0. The van der Waals surface area contributed by atoms with Gasteiger partial charge in [0.15, 0.2) is 5.82 Å². The van der Waals surface area contributed by atoms with E-state index in [2.05, 4.69) is 21.5 Å². The minimum atomic E-state index is -0.797. The molecule has 152 valence electrons. The molecule has 3 aromatic rings. The fourth-order valence-corrected chi connectivity index (χ4v) is 3.39. The second-order valence-corrected chi connectivity index (χ2v) is 7.29. The van der Waals surface area contributed by atoms with Crippen LogP contribution in [0.25, 0.3) is 0 Å². The van der Waals surface area contributed by atoms with Crippen LogP contribution in [0.4, 0.5) is 16.0 Å². The molecule has 8 heteroatoms.